The highest BCUT2D eigenvalue weighted by Crippen LogP contribution is 2.34. The van der Waals surface area contributed by atoms with Gasteiger partial charge in [0.1, 0.15) is 0 Å². The van der Waals surface area contributed by atoms with Crippen molar-refractivity contribution < 1.29 is 4.79 Å². The lowest BCUT2D eigenvalue weighted by Gasteiger charge is -2.23. The molecule has 0 radical (unpaired) electrons. The lowest BCUT2D eigenvalue weighted by atomic mass is 9.82. The zero-order valence-electron chi connectivity index (χ0n) is 15.8. The van der Waals surface area contributed by atoms with Crippen molar-refractivity contribution in [3.8, 4) is 11.1 Å². The van der Waals surface area contributed by atoms with Crippen LogP contribution in [0.3, 0.4) is 0 Å². The van der Waals surface area contributed by atoms with E-state index in [0.29, 0.717) is 12.0 Å². The third kappa shape index (κ3) is 2.73. The molecule has 28 heavy (non-hydrogen) atoms. The largest absolute Gasteiger partial charge is 0.294 e. The van der Waals surface area contributed by atoms with Crippen molar-refractivity contribution in [3.05, 3.63) is 89.4 Å². The van der Waals surface area contributed by atoms with E-state index in [1.807, 2.05) is 42.6 Å². The summed E-state index contributed by atoms with van der Waals surface area (Å²) < 4.78 is 1.79. The van der Waals surface area contributed by atoms with Gasteiger partial charge in [0.05, 0.1) is 17.0 Å². The minimum Gasteiger partial charge on any atom is -0.294 e. The first kappa shape index (κ1) is 16.9. The molecule has 0 spiro atoms. The lowest BCUT2D eigenvalue weighted by molar-refractivity contribution is 0.0962. The second kappa shape index (κ2) is 6.71. The molecular formula is C24H21N3O. The van der Waals surface area contributed by atoms with Gasteiger partial charge in [-0.15, -0.1) is 0 Å². The zero-order valence-corrected chi connectivity index (χ0v) is 15.8. The van der Waals surface area contributed by atoms with E-state index in [9.17, 15) is 4.79 Å². The van der Waals surface area contributed by atoms with Crippen LogP contribution in [-0.4, -0.2) is 20.4 Å². The number of ketones is 1. The van der Waals surface area contributed by atoms with Crippen LogP contribution < -0.4 is 0 Å². The predicted octanol–water partition coefficient (Wildman–Crippen LogP) is 4.87. The van der Waals surface area contributed by atoms with E-state index >= 15 is 0 Å². The zero-order chi connectivity index (χ0) is 19.1. The molecule has 0 fully saturated rings. The molecule has 4 nitrogen and oxygen atoms in total. The molecular weight excluding hydrogens is 346 g/mol. The number of carbonyl (C=O) groups excluding carboxylic acids is 1. The topological polar surface area (TPSA) is 47.3 Å². The highest BCUT2D eigenvalue weighted by molar-refractivity contribution is 5.99. The number of aromatic nitrogens is 3. The Morgan fingerprint density at radius 2 is 1.71 bits per heavy atom. The normalized spacial score (nSPS) is 16.3. The van der Waals surface area contributed by atoms with Crippen molar-refractivity contribution >= 4 is 11.4 Å². The molecule has 0 saturated heterocycles. The van der Waals surface area contributed by atoms with Gasteiger partial charge in [-0.05, 0) is 29.9 Å². The second-order valence-corrected chi connectivity index (χ2v) is 7.35. The monoisotopic (exact) mass is 367 g/mol. The Morgan fingerprint density at radius 1 is 1.00 bits per heavy atom. The fourth-order valence-corrected chi connectivity index (χ4v) is 4.19. The molecule has 2 aromatic heterocycles. The van der Waals surface area contributed by atoms with Crippen LogP contribution in [0, 0.1) is 0 Å². The van der Waals surface area contributed by atoms with E-state index in [2.05, 4.69) is 31.2 Å². The fourth-order valence-electron chi connectivity index (χ4n) is 4.19. The molecule has 0 bridgehead atoms. The third-order valence-electron chi connectivity index (χ3n) is 5.60. The molecule has 4 aromatic rings. The summed E-state index contributed by atoms with van der Waals surface area (Å²) in [6, 6.07) is 20.5. The first-order chi connectivity index (χ1) is 13.7. The number of hydrogen-bond donors (Lipinski definition) is 0. The number of Topliss-reactive ketones (excluding diaryl/α,β-unsaturated/α-hetero) is 1. The molecule has 1 aliphatic rings. The minimum absolute atomic E-state index is 0.152. The first-order valence-electron chi connectivity index (χ1n) is 9.79. The molecule has 0 aliphatic heterocycles. The summed E-state index contributed by atoms with van der Waals surface area (Å²) in [5.41, 5.74) is 6.83. The maximum Gasteiger partial charge on any atom is 0.166 e. The summed E-state index contributed by atoms with van der Waals surface area (Å²) in [6.07, 6.45) is 4.01. The maximum atomic E-state index is 12.9. The molecule has 0 N–H and O–H groups in total. The summed E-state index contributed by atoms with van der Waals surface area (Å²) in [6.45, 7) is 2.10. The van der Waals surface area contributed by atoms with Crippen LogP contribution in [-0.2, 0) is 12.8 Å². The Bertz CT molecular complexity index is 1160. The van der Waals surface area contributed by atoms with E-state index < -0.39 is 0 Å². The Hall–Kier alpha value is -3.27. The molecule has 4 heteroatoms. The molecule has 1 atom stereocenters. The predicted molar refractivity (Wildman–Crippen MR) is 110 cm³/mol. The number of benzene rings is 2. The van der Waals surface area contributed by atoms with E-state index in [1.54, 1.807) is 4.52 Å². The number of carbonyl (C=O) groups is 1. The highest BCUT2D eigenvalue weighted by atomic mass is 16.1. The van der Waals surface area contributed by atoms with Crippen LogP contribution in [0.15, 0.2) is 66.9 Å². The van der Waals surface area contributed by atoms with Gasteiger partial charge in [0.15, 0.2) is 11.4 Å². The quantitative estimate of drug-likeness (QED) is 0.519. The van der Waals surface area contributed by atoms with Gasteiger partial charge < -0.3 is 0 Å². The SMILES string of the molecule is CCc1nn2cc3c(nc2c1-c1ccccc1)CC(c1ccccc1)CC3=O. The summed E-state index contributed by atoms with van der Waals surface area (Å²) in [7, 11) is 0. The molecule has 5 rings (SSSR count). The van der Waals surface area contributed by atoms with Crippen molar-refractivity contribution in [3.63, 3.8) is 0 Å². The van der Waals surface area contributed by atoms with E-state index in [-0.39, 0.29) is 11.7 Å². The van der Waals surface area contributed by atoms with Crippen molar-refractivity contribution in [1.82, 2.24) is 14.6 Å². The third-order valence-corrected chi connectivity index (χ3v) is 5.60. The molecule has 1 aliphatic carbocycles. The van der Waals surface area contributed by atoms with Crippen molar-refractivity contribution in [2.45, 2.75) is 32.1 Å². The lowest BCUT2D eigenvalue weighted by Crippen LogP contribution is -2.21. The van der Waals surface area contributed by atoms with Gasteiger partial charge in [-0.3, -0.25) is 4.79 Å². The molecule has 138 valence electrons. The molecule has 2 heterocycles. The Balaban J connectivity index is 1.67. The molecule has 2 aromatic carbocycles. The van der Waals surface area contributed by atoms with E-state index in [0.717, 1.165) is 41.0 Å². The number of fused-ring (bicyclic) bond motifs is 2. The van der Waals surface area contributed by atoms with Crippen molar-refractivity contribution in [2.75, 3.05) is 0 Å². The van der Waals surface area contributed by atoms with E-state index in [1.165, 1.54) is 5.56 Å². The van der Waals surface area contributed by atoms with Gasteiger partial charge in [0, 0.05) is 18.2 Å². The fraction of sp³-hybridized carbons (Fsp3) is 0.208. The van der Waals surface area contributed by atoms with Crippen LogP contribution in [0.1, 0.15) is 46.6 Å². The highest BCUT2D eigenvalue weighted by Gasteiger charge is 2.29. The summed E-state index contributed by atoms with van der Waals surface area (Å²) in [5.74, 6) is 0.337. The van der Waals surface area contributed by atoms with Crippen LogP contribution in [0.25, 0.3) is 16.8 Å². The van der Waals surface area contributed by atoms with E-state index in [4.69, 9.17) is 10.1 Å². The average molecular weight is 367 g/mol. The molecule has 0 amide bonds. The number of rotatable bonds is 3. The van der Waals surface area contributed by atoms with Crippen molar-refractivity contribution in [2.24, 2.45) is 0 Å². The Kier molecular flexibility index (Phi) is 4.05. The number of aryl methyl sites for hydroxylation is 1. The minimum atomic E-state index is 0.152. The standard InChI is InChI=1S/C24H21N3O/c1-2-20-23(17-11-7-4-8-12-17)24-25-21-13-18(16-9-5-3-6-10-16)14-22(28)19(21)15-27(24)26-20/h3-12,15,18H,2,13-14H2,1H3. The van der Waals surface area contributed by atoms with Crippen LogP contribution in [0.2, 0.25) is 0 Å². The Morgan fingerprint density at radius 3 is 2.43 bits per heavy atom. The second-order valence-electron chi connectivity index (χ2n) is 7.35. The van der Waals surface area contributed by atoms with Gasteiger partial charge in [-0.1, -0.05) is 67.6 Å². The van der Waals surface area contributed by atoms with Gasteiger partial charge in [0.2, 0.25) is 0 Å². The van der Waals surface area contributed by atoms with Gasteiger partial charge >= 0.3 is 0 Å². The van der Waals surface area contributed by atoms with Crippen LogP contribution in [0.5, 0.6) is 0 Å². The number of nitrogens with zero attached hydrogens (tertiary/aromatic N) is 3. The Labute approximate surface area is 163 Å². The average Bonchev–Trinajstić information content (AvgIpc) is 3.11. The summed E-state index contributed by atoms with van der Waals surface area (Å²) in [5, 5.41) is 4.73. The maximum absolute atomic E-state index is 12.9. The number of hydrogen-bond acceptors (Lipinski definition) is 3. The van der Waals surface area contributed by atoms with Gasteiger partial charge in [0.25, 0.3) is 0 Å². The summed E-state index contributed by atoms with van der Waals surface area (Å²) in [4.78, 5) is 17.8. The van der Waals surface area contributed by atoms with Crippen LogP contribution >= 0.6 is 0 Å². The summed E-state index contributed by atoms with van der Waals surface area (Å²) >= 11 is 0. The van der Waals surface area contributed by atoms with Gasteiger partial charge in [-0.2, -0.15) is 5.10 Å². The molecule has 1 unspecified atom stereocenters. The first-order valence-corrected chi connectivity index (χ1v) is 9.79. The van der Waals surface area contributed by atoms with Gasteiger partial charge in [-0.25, -0.2) is 9.50 Å². The van der Waals surface area contributed by atoms with Crippen molar-refractivity contribution in [1.29, 1.82) is 0 Å². The smallest absolute Gasteiger partial charge is 0.166 e. The molecule has 0 saturated carbocycles. The van der Waals surface area contributed by atoms with Crippen LogP contribution in [0.4, 0.5) is 0 Å².